The molecule has 0 amide bonds. The van der Waals surface area contributed by atoms with E-state index >= 15 is 0 Å². The van der Waals surface area contributed by atoms with E-state index in [1.807, 2.05) is 10.8 Å². The van der Waals surface area contributed by atoms with Gasteiger partial charge in [0.15, 0.2) is 0 Å². The van der Waals surface area contributed by atoms with Gasteiger partial charge in [0.2, 0.25) is 5.28 Å². The minimum absolute atomic E-state index is 0.494. The number of imidazole rings is 1. The van der Waals surface area contributed by atoms with Crippen LogP contribution in [0.15, 0.2) is 12.4 Å². The molecule has 1 aromatic heterocycles. The third-order valence-electron chi connectivity index (χ3n) is 2.29. The van der Waals surface area contributed by atoms with Crippen molar-refractivity contribution >= 4 is 11.6 Å². The van der Waals surface area contributed by atoms with E-state index in [0.717, 1.165) is 13.1 Å². The Labute approximate surface area is 76.7 Å². The molecule has 1 saturated heterocycles. The number of hydrogen-bond donors (Lipinski definition) is 1. The maximum Gasteiger partial charge on any atom is 0.202 e. The van der Waals surface area contributed by atoms with Crippen molar-refractivity contribution in [2.75, 3.05) is 13.1 Å². The first-order valence-electron chi connectivity index (χ1n) is 4.27. The van der Waals surface area contributed by atoms with Crippen LogP contribution < -0.4 is 5.32 Å². The molecule has 0 bridgehead atoms. The fraction of sp³-hybridized carbons (Fsp3) is 0.625. The van der Waals surface area contributed by atoms with Crippen molar-refractivity contribution in [3.63, 3.8) is 0 Å². The van der Waals surface area contributed by atoms with E-state index in [1.165, 1.54) is 12.8 Å². The molecule has 0 saturated carbocycles. The molecule has 1 atom stereocenters. The number of nitrogens with zero attached hydrogens (tertiary/aromatic N) is 2. The zero-order chi connectivity index (χ0) is 8.39. The van der Waals surface area contributed by atoms with Gasteiger partial charge in [-0.05, 0) is 31.0 Å². The second-order valence-corrected chi connectivity index (χ2v) is 3.44. The molecule has 3 nitrogen and oxygen atoms in total. The van der Waals surface area contributed by atoms with Gasteiger partial charge < -0.3 is 9.88 Å². The molecule has 0 aliphatic carbocycles. The predicted octanol–water partition coefficient (Wildman–Crippen LogP) is 1.46. The second kappa shape index (κ2) is 3.46. The molecule has 1 unspecified atom stereocenters. The van der Waals surface area contributed by atoms with Crippen LogP contribution in [0, 0.1) is 0 Å². The molecular weight excluding hydrogens is 174 g/mol. The van der Waals surface area contributed by atoms with Gasteiger partial charge in [-0.1, -0.05) is 0 Å². The lowest BCUT2D eigenvalue weighted by Gasteiger charge is -2.24. The van der Waals surface area contributed by atoms with Crippen molar-refractivity contribution in [3.05, 3.63) is 17.7 Å². The fourth-order valence-corrected chi connectivity index (χ4v) is 1.89. The van der Waals surface area contributed by atoms with Crippen LogP contribution in [0.3, 0.4) is 0 Å². The molecule has 1 aromatic rings. The highest BCUT2D eigenvalue weighted by molar-refractivity contribution is 6.28. The minimum Gasteiger partial charge on any atom is -0.317 e. The lowest BCUT2D eigenvalue weighted by atomic mass is 10.1. The summed E-state index contributed by atoms with van der Waals surface area (Å²) in [4.78, 5) is 3.99. The van der Waals surface area contributed by atoms with Crippen molar-refractivity contribution in [2.24, 2.45) is 0 Å². The van der Waals surface area contributed by atoms with Gasteiger partial charge in [-0.15, -0.1) is 0 Å². The standard InChI is InChI=1S/C8H12ClN3/c9-8-11-4-5-12(8)7-2-1-3-10-6-7/h4-5,7,10H,1-3,6H2. The van der Waals surface area contributed by atoms with Gasteiger partial charge in [-0.3, -0.25) is 0 Å². The largest absolute Gasteiger partial charge is 0.317 e. The Balaban J connectivity index is 2.13. The van der Waals surface area contributed by atoms with Gasteiger partial charge in [0, 0.05) is 25.0 Å². The van der Waals surface area contributed by atoms with E-state index in [1.54, 1.807) is 6.20 Å². The molecule has 2 heterocycles. The van der Waals surface area contributed by atoms with Crippen LogP contribution in [0.2, 0.25) is 5.28 Å². The van der Waals surface area contributed by atoms with Gasteiger partial charge in [0.25, 0.3) is 0 Å². The van der Waals surface area contributed by atoms with Crippen LogP contribution >= 0.6 is 11.6 Å². The predicted molar refractivity (Wildman–Crippen MR) is 48.4 cm³/mol. The third kappa shape index (κ3) is 1.47. The van der Waals surface area contributed by atoms with Gasteiger partial charge in [-0.2, -0.15) is 0 Å². The van der Waals surface area contributed by atoms with Crippen molar-refractivity contribution in [1.82, 2.24) is 14.9 Å². The van der Waals surface area contributed by atoms with Crippen molar-refractivity contribution in [2.45, 2.75) is 18.9 Å². The number of nitrogens with one attached hydrogen (secondary N) is 1. The van der Waals surface area contributed by atoms with E-state index in [9.17, 15) is 0 Å². The van der Waals surface area contributed by atoms with E-state index in [0.29, 0.717) is 11.3 Å². The summed E-state index contributed by atoms with van der Waals surface area (Å²) in [5.41, 5.74) is 0. The lowest BCUT2D eigenvalue weighted by Crippen LogP contribution is -2.31. The molecule has 1 aliphatic rings. The average molecular weight is 186 g/mol. The summed E-state index contributed by atoms with van der Waals surface area (Å²) in [5, 5.41) is 3.94. The van der Waals surface area contributed by atoms with Gasteiger partial charge >= 0.3 is 0 Å². The summed E-state index contributed by atoms with van der Waals surface area (Å²) in [7, 11) is 0. The average Bonchev–Trinajstić information content (AvgIpc) is 2.53. The number of hydrogen-bond acceptors (Lipinski definition) is 2. The molecular formula is C8H12ClN3. The smallest absolute Gasteiger partial charge is 0.202 e. The topological polar surface area (TPSA) is 29.9 Å². The van der Waals surface area contributed by atoms with Crippen LogP contribution in [-0.4, -0.2) is 22.6 Å². The van der Waals surface area contributed by atoms with Crippen LogP contribution in [0.5, 0.6) is 0 Å². The van der Waals surface area contributed by atoms with Crippen molar-refractivity contribution in [1.29, 1.82) is 0 Å². The summed E-state index contributed by atoms with van der Waals surface area (Å²) >= 11 is 5.90. The summed E-state index contributed by atoms with van der Waals surface area (Å²) in [6, 6.07) is 0.494. The van der Waals surface area contributed by atoms with Gasteiger partial charge in [0.1, 0.15) is 0 Å². The summed E-state index contributed by atoms with van der Waals surface area (Å²) in [6.07, 6.45) is 6.11. The molecule has 0 radical (unpaired) electrons. The summed E-state index contributed by atoms with van der Waals surface area (Å²) in [6.45, 7) is 2.14. The molecule has 1 aliphatic heterocycles. The highest BCUT2D eigenvalue weighted by Crippen LogP contribution is 2.20. The first-order valence-corrected chi connectivity index (χ1v) is 4.65. The number of rotatable bonds is 1. The molecule has 2 rings (SSSR count). The zero-order valence-corrected chi connectivity index (χ0v) is 7.59. The molecule has 0 spiro atoms. The first kappa shape index (κ1) is 8.08. The zero-order valence-electron chi connectivity index (χ0n) is 6.83. The summed E-state index contributed by atoms with van der Waals surface area (Å²) < 4.78 is 2.04. The molecule has 1 fully saturated rings. The lowest BCUT2D eigenvalue weighted by molar-refractivity contribution is 0.371. The molecule has 1 N–H and O–H groups in total. The van der Waals surface area contributed by atoms with E-state index in [4.69, 9.17) is 11.6 Å². The Morgan fingerprint density at radius 1 is 1.67 bits per heavy atom. The number of aromatic nitrogens is 2. The summed E-state index contributed by atoms with van der Waals surface area (Å²) in [5.74, 6) is 0. The highest BCUT2D eigenvalue weighted by Gasteiger charge is 2.15. The number of halogens is 1. The Hall–Kier alpha value is -0.540. The van der Waals surface area contributed by atoms with Crippen LogP contribution in [0.4, 0.5) is 0 Å². The molecule has 66 valence electrons. The Kier molecular flexibility index (Phi) is 2.33. The fourth-order valence-electron chi connectivity index (χ4n) is 1.64. The van der Waals surface area contributed by atoms with E-state index in [-0.39, 0.29) is 0 Å². The SMILES string of the molecule is Clc1nccn1C1CCCNC1. The van der Waals surface area contributed by atoms with Crippen LogP contribution in [-0.2, 0) is 0 Å². The second-order valence-electron chi connectivity index (χ2n) is 3.10. The van der Waals surface area contributed by atoms with Gasteiger partial charge in [0.05, 0.1) is 0 Å². The highest BCUT2D eigenvalue weighted by atomic mass is 35.5. The molecule has 4 heteroatoms. The maximum atomic E-state index is 5.90. The van der Waals surface area contributed by atoms with Crippen molar-refractivity contribution < 1.29 is 0 Å². The minimum atomic E-state index is 0.494. The third-order valence-corrected chi connectivity index (χ3v) is 2.58. The van der Waals surface area contributed by atoms with Crippen LogP contribution in [0.1, 0.15) is 18.9 Å². The Morgan fingerprint density at radius 2 is 2.58 bits per heavy atom. The molecule has 12 heavy (non-hydrogen) atoms. The van der Waals surface area contributed by atoms with Crippen LogP contribution in [0.25, 0.3) is 0 Å². The quantitative estimate of drug-likeness (QED) is 0.718. The normalized spacial score (nSPS) is 24.2. The van der Waals surface area contributed by atoms with Gasteiger partial charge in [-0.25, -0.2) is 4.98 Å². The first-order chi connectivity index (χ1) is 5.88. The van der Waals surface area contributed by atoms with Crippen molar-refractivity contribution in [3.8, 4) is 0 Å². The van der Waals surface area contributed by atoms with E-state index < -0.39 is 0 Å². The Bertz CT molecular complexity index is 253. The maximum absolute atomic E-state index is 5.90. The molecule has 0 aromatic carbocycles. The number of piperidine rings is 1. The van der Waals surface area contributed by atoms with E-state index in [2.05, 4.69) is 10.3 Å². The monoisotopic (exact) mass is 185 g/mol. The Morgan fingerprint density at radius 3 is 3.17 bits per heavy atom.